The zero-order chi connectivity index (χ0) is 15.6. The Morgan fingerprint density at radius 3 is 2.57 bits per heavy atom. The van der Waals surface area contributed by atoms with Crippen molar-refractivity contribution >= 4 is 38.6 Å². The second-order valence-electron chi connectivity index (χ2n) is 5.94. The molecule has 21 heavy (non-hydrogen) atoms. The van der Waals surface area contributed by atoms with Gasteiger partial charge in [-0.25, -0.2) is 0 Å². The van der Waals surface area contributed by atoms with Gasteiger partial charge in [0.05, 0.1) is 6.04 Å². The van der Waals surface area contributed by atoms with Crippen molar-refractivity contribution in [1.29, 1.82) is 0 Å². The minimum Gasteiger partial charge on any atom is -0.598 e. The van der Waals surface area contributed by atoms with Gasteiger partial charge in [0.1, 0.15) is 4.75 Å². The number of halogens is 1. The molecule has 114 valence electrons. The Morgan fingerprint density at radius 1 is 1.29 bits per heavy atom. The van der Waals surface area contributed by atoms with Gasteiger partial charge in [-0.1, -0.05) is 28.1 Å². The Labute approximate surface area is 142 Å². The molecule has 2 aromatic rings. The van der Waals surface area contributed by atoms with Crippen molar-refractivity contribution in [1.82, 2.24) is 4.72 Å². The van der Waals surface area contributed by atoms with Gasteiger partial charge in [-0.05, 0) is 56.8 Å². The maximum absolute atomic E-state index is 12.2. The van der Waals surface area contributed by atoms with Gasteiger partial charge < -0.3 is 4.55 Å². The van der Waals surface area contributed by atoms with Crippen molar-refractivity contribution in [3.05, 3.63) is 45.7 Å². The molecule has 1 heterocycles. The maximum Gasteiger partial charge on any atom is 0.136 e. The molecule has 0 saturated heterocycles. The summed E-state index contributed by atoms with van der Waals surface area (Å²) in [6, 6.07) is 10.5. The molecule has 0 amide bonds. The lowest BCUT2D eigenvalue weighted by atomic mass is 10.1. The fourth-order valence-corrected chi connectivity index (χ4v) is 4.00. The van der Waals surface area contributed by atoms with Crippen LogP contribution in [0, 0.1) is 0 Å². The van der Waals surface area contributed by atoms with Crippen LogP contribution in [-0.4, -0.2) is 9.30 Å². The van der Waals surface area contributed by atoms with Crippen LogP contribution in [0.4, 0.5) is 0 Å². The molecule has 2 atom stereocenters. The summed E-state index contributed by atoms with van der Waals surface area (Å²) in [5.74, 6) is 0. The first-order valence-electron chi connectivity index (χ1n) is 6.80. The van der Waals surface area contributed by atoms with Crippen LogP contribution in [-0.2, 0) is 11.4 Å². The van der Waals surface area contributed by atoms with E-state index in [9.17, 15) is 4.55 Å². The molecule has 0 radical (unpaired) electrons. The Morgan fingerprint density at radius 2 is 2.00 bits per heavy atom. The van der Waals surface area contributed by atoms with E-state index in [-0.39, 0.29) is 10.8 Å². The lowest BCUT2D eigenvalue weighted by molar-refractivity contribution is 0.531. The molecular weight excluding hydrogens is 366 g/mol. The van der Waals surface area contributed by atoms with Gasteiger partial charge in [0.15, 0.2) is 0 Å². The van der Waals surface area contributed by atoms with E-state index in [0.29, 0.717) is 0 Å². The van der Waals surface area contributed by atoms with Gasteiger partial charge in [-0.3, -0.25) is 0 Å². The summed E-state index contributed by atoms with van der Waals surface area (Å²) in [7, 11) is 0. The molecular formula is C16H20BrNOS2. The lowest BCUT2D eigenvalue weighted by Crippen LogP contribution is -2.40. The number of nitrogens with one attached hydrogen (secondary N) is 1. The molecule has 1 N–H and O–H groups in total. The van der Waals surface area contributed by atoms with Crippen molar-refractivity contribution in [2.45, 2.75) is 38.5 Å². The molecule has 0 saturated carbocycles. The number of hydrogen-bond donors (Lipinski definition) is 1. The topological polar surface area (TPSA) is 35.1 Å². The third-order valence-corrected chi connectivity index (χ3v) is 6.39. The molecule has 2 nitrogen and oxygen atoms in total. The van der Waals surface area contributed by atoms with E-state index in [2.05, 4.69) is 56.4 Å². The smallest absolute Gasteiger partial charge is 0.136 e. The first-order chi connectivity index (χ1) is 9.79. The Kier molecular flexibility index (Phi) is 5.54. The fourth-order valence-electron chi connectivity index (χ4n) is 1.84. The summed E-state index contributed by atoms with van der Waals surface area (Å²) in [6.45, 7) is 7.97. The highest BCUT2D eigenvalue weighted by Crippen LogP contribution is 2.34. The van der Waals surface area contributed by atoms with Gasteiger partial charge in [0, 0.05) is 26.3 Å². The van der Waals surface area contributed by atoms with Crippen molar-refractivity contribution in [3.8, 4) is 10.4 Å². The number of benzene rings is 1. The van der Waals surface area contributed by atoms with Gasteiger partial charge in [0.2, 0.25) is 0 Å². The van der Waals surface area contributed by atoms with E-state index in [4.69, 9.17) is 0 Å². The monoisotopic (exact) mass is 385 g/mol. The molecule has 5 heteroatoms. The number of thiophene rings is 1. The standard InChI is InChI=1S/C16H20BrNOS2/c1-11(18-21(19)16(2,3)4)12-7-8-14(17)13(10-12)15-6-5-9-20-15/h5-11,18H,1-4H3/t11-,21-/m1/s1. The van der Waals surface area contributed by atoms with Crippen molar-refractivity contribution in [2.24, 2.45) is 0 Å². The highest BCUT2D eigenvalue weighted by Gasteiger charge is 2.28. The Hall–Kier alpha value is -0.330. The largest absolute Gasteiger partial charge is 0.598 e. The first kappa shape index (κ1) is 17.0. The Balaban J connectivity index is 2.23. The van der Waals surface area contributed by atoms with Crippen molar-refractivity contribution in [3.63, 3.8) is 0 Å². The molecule has 0 aliphatic carbocycles. The van der Waals surface area contributed by atoms with Crippen molar-refractivity contribution < 1.29 is 4.55 Å². The molecule has 0 bridgehead atoms. The van der Waals surface area contributed by atoms with Gasteiger partial charge in [0.25, 0.3) is 0 Å². The van der Waals surface area contributed by atoms with Gasteiger partial charge >= 0.3 is 0 Å². The highest BCUT2D eigenvalue weighted by molar-refractivity contribution is 9.10. The molecule has 1 aromatic heterocycles. The predicted molar refractivity (Wildman–Crippen MR) is 96.9 cm³/mol. The van der Waals surface area contributed by atoms with Crippen LogP contribution in [0.15, 0.2) is 40.2 Å². The van der Waals surface area contributed by atoms with E-state index in [1.165, 1.54) is 10.4 Å². The summed E-state index contributed by atoms with van der Waals surface area (Å²) < 4.78 is 16.2. The van der Waals surface area contributed by atoms with E-state index in [1.54, 1.807) is 11.3 Å². The van der Waals surface area contributed by atoms with E-state index < -0.39 is 11.4 Å². The zero-order valence-electron chi connectivity index (χ0n) is 12.6. The minimum atomic E-state index is -1.08. The average molecular weight is 386 g/mol. The second kappa shape index (κ2) is 6.84. The molecule has 2 rings (SSSR count). The SMILES string of the molecule is C[C@@H](N[S@+]([O-])C(C)(C)C)c1ccc(Br)c(-c2cccs2)c1. The summed E-state index contributed by atoms with van der Waals surface area (Å²) in [5, 5.41) is 2.07. The Bertz CT molecular complexity index is 593. The highest BCUT2D eigenvalue weighted by atomic mass is 79.9. The van der Waals surface area contributed by atoms with Crippen LogP contribution in [0.25, 0.3) is 10.4 Å². The lowest BCUT2D eigenvalue weighted by Gasteiger charge is -2.26. The molecule has 1 aromatic carbocycles. The maximum atomic E-state index is 12.2. The molecule has 0 fully saturated rings. The van der Waals surface area contributed by atoms with Crippen LogP contribution in [0.5, 0.6) is 0 Å². The van der Waals surface area contributed by atoms with E-state index in [0.717, 1.165) is 10.0 Å². The summed E-state index contributed by atoms with van der Waals surface area (Å²) in [6.07, 6.45) is 0. The molecule has 0 aliphatic heterocycles. The van der Waals surface area contributed by atoms with Crippen LogP contribution in [0.2, 0.25) is 0 Å². The van der Waals surface area contributed by atoms with Crippen LogP contribution in [0.3, 0.4) is 0 Å². The van der Waals surface area contributed by atoms with Crippen LogP contribution in [0.1, 0.15) is 39.3 Å². The van der Waals surface area contributed by atoms with Crippen LogP contribution >= 0.6 is 27.3 Å². The summed E-state index contributed by atoms with van der Waals surface area (Å²) in [5.41, 5.74) is 2.32. The minimum absolute atomic E-state index is 0.0388. The van der Waals surface area contributed by atoms with E-state index >= 15 is 0 Å². The molecule has 0 aliphatic rings. The first-order valence-corrected chi connectivity index (χ1v) is 9.62. The number of rotatable bonds is 4. The zero-order valence-corrected chi connectivity index (χ0v) is 15.9. The summed E-state index contributed by atoms with van der Waals surface area (Å²) >= 11 is 4.25. The van der Waals surface area contributed by atoms with Gasteiger partial charge in [-0.15, -0.1) is 16.1 Å². The van der Waals surface area contributed by atoms with Crippen LogP contribution < -0.4 is 4.72 Å². The molecule has 0 unspecified atom stereocenters. The van der Waals surface area contributed by atoms with Gasteiger partial charge in [-0.2, -0.15) is 0 Å². The normalized spacial score (nSPS) is 15.0. The average Bonchev–Trinajstić information content (AvgIpc) is 2.91. The number of hydrogen-bond acceptors (Lipinski definition) is 3. The van der Waals surface area contributed by atoms with E-state index in [1.807, 2.05) is 27.7 Å². The third kappa shape index (κ3) is 4.33. The van der Waals surface area contributed by atoms with Crippen molar-refractivity contribution in [2.75, 3.05) is 0 Å². The molecule has 0 spiro atoms. The second-order valence-corrected chi connectivity index (χ2v) is 9.74. The predicted octanol–water partition coefficient (Wildman–Crippen LogP) is 5.29. The fraction of sp³-hybridized carbons (Fsp3) is 0.375. The third-order valence-electron chi connectivity index (χ3n) is 3.12. The summed E-state index contributed by atoms with van der Waals surface area (Å²) in [4.78, 5) is 1.23. The quantitative estimate of drug-likeness (QED) is 0.725.